The first-order valence-electron chi connectivity index (χ1n) is 9.52. The third-order valence-corrected chi connectivity index (χ3v) is 5.12. The number of nitrogens with zero attached hydrogens (tertiary/aromatic N) is 2. The van der Waals surface area contributed by atoms with Gasteiger partial charge in [-0.25, -0.2) is 0 Å². The third kappa shape index (κ3) is 3.54. The number of carbonyl (C=O) groups is 3. The van der Waals surface area contributed by atoms with E-state index in [2.05, 4.69) is 10.6 Å². The van der Waals surface area contributed by atoms with Gasteiger partial charge in [0.25, 0.3) is 17.7 Å². The first-order chi connectivity index (χ1) is 13.3. The van der Waals surface area contributed by atoms with E-state index in [0.29, 0.717) is 0 Å². The van der Waals surface area contributed by atoms with Crippen molar-refractivity contribution in [2.75, 3.05) is 26.0 Å². The largest absolute Gasteiger partial charge is 0.505 e. The highest BCUT2D eigenvalue weighted by molar-refractivity contribution is 6.20. The summed E-state index contributed by atoms with van der Waals surface area (Å²) >= 11 is 0. The summed E-state index contributed by atoms with van der Waals surface area (Å²) in [6.07, 6.45) is 4.07. The maximum atomic E-state index is 12.8. The Labute approximate surface area is 164 Å². The van der Waals surface area contributed by atoms with Crippen LogP contribution < -0.4 is 10.6 Å². The molecule has 1 aliphatic heterocycles. The van der Waals surface area contributed by atoms with Gasteiger partial charge >= 0.3 is 0 Å². The molecule has 8 nitrogen and oxygen atoms in total. The van der Waals surface area contributed by atoms with Crippen LogP contribution in [0.15, 0.2) is 29.6 Å². The van der Waals surface area contributed by atoms with Crippen LogP contribution in [0.4, 0.5) is 5.69 Å². The topological polar surface area (TPSA) is 102 Å². The lowest BCUT2D eigenvalue weighted by atomic mass is 10.1. The maximum absolute atomic E-state index is 12.8. The van der Waals surface area contributed by atoms with Crippen LogP contribution in [0, 0.1) is 0 Å². The van der Waals surface area contributed by atoms with Crippen LogP contribution in [0.5, 0.6) is 5.75 Å². The van der Waals surface area contributed by atoms with E-state index in [1.807, 2.05) is 0 Å². The number of phenolic OH excluding ortho intramolecular Hbond substituents is 1. The fraction of sp³-hybridized carbons (Fsp3) is 0.450. The number of aromatic hydroxyl groups is 1. The van der Waals surface area contributed by atoms with Crippen molar-refractivity contribution in [3.05, 3.63) is 35.2 Å². The van der Waals surface area contributed by atoms with Crippen LogP contribution >= 0.6 is 0 Å². The number of benzene rings is 1. The summed E-state index contributed by atoms with van der Waals surface area (Å²) in [5.74, 6) is -1.44. The van der Waals surface area contributed by atoms with Gasteiger partial charge in [0.1, 0.15) is 11.4 Å². The van der Waals surface area contributed by atoms with E-state index in [9.17, 15) is 19.5 Å². The SMILES string of the molecule is CCN1C(=O)C(Nc2cccc(C(=O)N(C)C)c2O)=C(NC2CCCC2)C1=O. The summed E-state index contributed by atoms with van der Waals surface area (Å²) in [6, 6.07) is 4.83. The van der Waals surface area contributed by atoms with Crippen molar-refractivity contribution < 1.29 is 19.5 Å². The molecule has 0 saturated heterocycles. The Bertz CT molecular complexity index is 841. The van der Waals surface area contributed by atoms with Gasteiger partial charge in [-0.1, -0.05) is 18.9 Å². The van der Waals surface area contributed by atoms with Gasteiger partial charge in [0.05, 0.1) is 11.3 Å². The second-order valence-electron chi connectivity index (χ2n) is 7.26. The number of likely N-dealkylation sites (N-methyl/N-ethyl adjacent to an activating group) is 1. The summed E-state index contributed by atoms with van der Waals surface area (Å²) in [5.41, 5.74) is 0.642. The molecule has 2 aliphatic rings. The maximum Gasteiger partial charge on any atom is 0.279 e. The number of imide groups is 1. The molecule has 3 rings (SSSR count). The minimum atomic E-state index is -0.447. The van der Waals surface area contributed by atoms with Crippen LogP contribution in [0.25, 0.3) is 0 Å². The molecule has 1 aromatic rings. The molecule has 1 heterocycles. The van der Waals surface area contributed by atoms with Crippen LogP contribution in [0.2, 0.25) is 0 Å². The van der Waals surface area contributed by atoms with E-state index < -0.39 is 5.91 Å². The molecule has 1 aromatic carbocycles. The molecule has 0 atom stereocenters. The van der Waals surface area contributed by atoms with E-state index >= 15 is 0 Å². The molecule has 1 saturated carbocycles. The number of carbonyl (C=O) groups excluding carboxylic acids is 3. The number of nitrogens with one attached hydrogen (secondary N) is 2. The third-order valence-electron chi connectivity index (χ3n) is 5.12. The summed E-state index contributed by atoms with van der Waals surface area (Å²) in [7, 11) is 3.18. The zero-order chi connectivity index (χ0) is 20.4. The number of para-hydroxylation sites is 1. The zero-order valence-corrected chi connectivity index (χ0v) is 16.4. The quantitative estimate of drug-likeness (QED) is 0.507. The number of amides is 3. The Balaban J connectivity index is 1.96. The van der Waals surface area contributed by atoms with E-state index in [0.717, 1.165) is 30.6 Å². The highest BCUT2D eigenvalue weighted by atomic mass is 16.3. The van der Waals surface area contributed by atoms with Crippen molar-refractivity contribution in [1.29, 1.82) is 0 Å². The molecular weight excluding hydrogens is 360 g/mol. The van der Waals surface area contributed by atoms with Crippen LogP contribution in [-0.4, -0.2) is 59.3 Å². The average Bonchev–Trinajstić information content (AvgIpc) is 3.25. The molecule has 1 aliphatic carbocycles. The lowest BCUT2D eigenvalue weighted by molar-refractivity contribution is -0.137. The second-order valence-corrected chi connectivity index (χ2v) is 7.26. The number of phenols is 1. The summed E-state index contributed by atoms with van der Waals surface area (Å²) in [4.78, 5) is 40.2. The fourth-order valence-corrected chi connectivity index (χ4v) is 3.58. The predicted octanol–water partition coefficient (Wildman–Crippen LogP) is 1.64. The van der Waals surface area contributed by atoms with Gasteiger partial charge in [-0.05, 0) is 31.9 Å². The zero-order valence-electron chi connectivity index (χ0n) is 16.4. The van der Waals surface area contributed by atoms with E-state index in [4.69, 9.17) is 0 Å². The minimum absolute atomic E-state index is 0.100. The van der Waals surface area contributed by atoms with Gasteiger partial charge in [-0.3, -0.25) is 19.3 Å². The standard InChI is InChI=1S/C20H26N4O4/c1-4-24-19(27)15(21-12-8-5-6-9-12)16(20(24)28)22-14-11-7-10-13(17(14)25)18(26)23(2)3/h7,10-12,21-22,25H,4-6,8-9H2,1-3H3. The molecule has 8 heteroatoms. The molecule has 28 heavy (non-hydrogen) atoms. The fourth-order valence-electron chi connectivity index (χ4n) is 3.58. The monoisotopic (exact) mass is 386 g/mol. The van der Waals surface area contributed by atoms with Crippen molar-refractivity contribution in [2.24, 2.45) is 0 Å². The van der Waals surface area contributed by atoms with Crippen molar-refractivity contribution >= 4 is 23.4 Å². The molecule has 0 unspecified atom stereocenters. The van der Waals surface area contributed by atoms with E-state index in [1.165, 1.54) is 11.0 Å². The van der Waals surface area contributed by atoms with E-state index in [1.54, 1.807) is 33.2 Å². The van der Waals surface area contributed by atoms with Crippen molar-refractivity contribution in [1.82, 2.24) is 15.1 Å². The lowest BCUT2D eigenvalue weighted by Gasteiger charge is -2.16. The minimum Gasteiger partial charge on any atom is -0.505 e. The van der Waals surface area contributed by atoms with Crippen LogP contribution in [0.3, 0.4) is 0 Å². The molecule has 150 valence electrons. The van der Waals surface area contributed by atoms with Crippen LogP contribution in [0.1, 0.15) is 43.0 Å². The summed E-state index contributed by atoms with van der Waals surface area (Å²) in [5, 5.41) is 16.7. The van der Waals surface area contributed by atoms with Gasteiger partial charge in [-0.2, -0.15) is 0 Å². The van der Waals surface area contributed by atoms with Crippen molar-refractivity contribution in [3.63, 3.8) is 0 Å². The summed E-state index contributed by atoms with van der Waals surface area (Å²) in [6.45, 7) is 1.99. The van der Waals surface area contributed by atoms with Gasteiger partial charge < -0.3 is 20.6 Å². The Morgan fingerprint density at radius 2 is 1.82 bits per heavy atom. The van der Waals surface area contributed by atoms with Crippen molar-refractivity contribution in [2.45, 2.75) is 38.6 Å². The molecule has 0 bridgehead atoms. The number of hydrogen-bond donors (Lipinski definition) is 3. The second kappa shape index (κ2) is 7.92. The molecule has 3 N–H and O–H groups in total. The molecule has 3 amide bonds. The highest BCUT2D eigenvalue weighted by Gasteiger charge is 2.39. The predicted molar refractivity (Wildman–Crippen MR) is 105 cm³/mol. The molecule has 1 fully saturated rings. The normalized spacial score (nSPS) is 17.5. The van der Waals surface area contributed by atoms with Crippen molar-refractivity contribution in [3.8, 4) is 5.75 Å². The lowest BCUT2D eigenvalue weighted by Crippen LogP contribution is -2.35. The summed E-state index contributed by atoms with van der Waals surface area (Å²) < 4.78 is 0. The van der Waals surface area contributed by atoms with Crippen LogP contribution in [-0.2, 0) is 9.59 Å². The molecular formula is C20H26N4O4. The Morgan fingerprint density at radius 3 is 2.43 bits per heavy atom. The van der Waals surface area contributed by atoms with E-state index in [-0.39, 0.29) is 52.8 Å². The highest BCUT2D eigenvalue weighted by Crippen LogP contribution is 2.32. The van der Waals surface area contributed by atoms with Gasteiger partial charge in [-0.15, -0.1) is 0 Å². The average molecular weight is 386 g/mol. The first kappa shape index (κ1) is 19.7. The molecule has 0 radical (unpaired) electrons. The van der Waals surface area contributed by atoms with Gasteiger partial charge in [0.15, 0.2) is 5.75 Å². The molecule has 0 spiro atoms. The smallest absolute Gasteiger partial charge is 0.279 e. The Hall–Kier alpha value is -3.03. The Morgan fingerprint density at radius 1 is 1.18 bits per heavy atom. The first-order valence-corrected chi connectivity index (χ1v) is 9.52. The number of rotatable bonds is 6. The van der Waals surface area contributed by atoms with Gasteiger partial charge in [0, 0.05) is 26.7 Å². The molecule has 0 aromatic heterocycles. The number of anilines is 1. The number of hydrogen-bond acceptors (Lipinski definition) is 6. The Kier molecular flexibility index (Phi) is 5.58. The van der Waals surface area contributed by atoms with Gasteiger partial charge in [0.2, 0.25) is 0 Å².